The first-order valence-corrected chi connectivity index (χ1v) is 12.3. The highest BCUT2D eigenvalue weighted by atomic mass is 35.7. The Labute approximate surface area is 141 Å². The molecule has 8 aliphatic carbocycles. The van der Waals surface area contributed by atoms with Crippen molar-refractivity contribution in [3.63, 3.8) is 0 Å². The normalized spacial score (nSPS) is 62.6. The van der Waals surface area contributed by atoms with Crippen LogP contribution >= 0.6 is 18.5 Å². The van der Waals surface area contributed by atoms with Gasteiger partial charge in [0.1, 0.15) is 0 Å². The number of halogens is 1. The van der Waals surface area contributed by atoms with Gasteiger partial charge in [-0.2, -0.15) is 0 Å². The van der Waals surface area contributed by atoms with Crippen LogP contribution in [-0.4, -0.2) is 10.3 Å². The van der Waals surface area contributed by atoms with E-state index in [0.29, 0.717) is 10.3 Å². The van der Waals surface area contributed by atoms with Gasteiger partial charge in [0.25, 0.3) is 0 Å². The Balaban J connectivity index is 1.36. The molecule has 22 heavy (non-hydrogen) atoms. The lowest BCUT2D eigenvalue weighted by molar-refractivity contribution is 0.0201. The van der Waals surface area contributed by atoms with Crippen LogP contribution in [0.3, 0.4) is 0 Å². The van der Waals surface area contributed by atoms with Crippen molar-refractivity contribution in [1.82, 2.24) is 0 Å². The lowest BCUT2D eigenvalue weighted by Crippen LogP contribution is -2.55. The summed E-state index contributed by atoms with van der Waals surface area (Å²) >= 11 is 7.59. The zero-order valence-corrected chi connectivity index (χ0v) is 15.4. The maximum absolute atomic E-state index is 7.59. The summed E-state index contributed by atoms with van der Waals surface area (Å²) in [7, 11) is -0.257. The highest BCUT2D eigenvalue weighted by molar-refractivity contribution is 7.86. The predicted molar refractivity (Wildman–Crippen MR) is 94.6 cm³/mol. The van der Waals surface area contributed by atoms with E-state index >= 15 is 0 Å². The summed E-state index contributed by atoms with van der Waals surface area (Å²) in [4.78, 5) is 0. The monoisotopic (exact) mass is 336 g/mol. The lowest BCUT2D eigenvalue weighted by Gasteiger charge is -2.65. The summed E-state index contributed by atoms with van der Waals surface area (Å²) in [5, 5.41) is 1.27. The van der Waals surface area contributed by atoms with Gasteiger partial charge in [-0.1, -0.05) is 11.2 Å². The van der Waals surface area contributed by atoms with Crippen molar-refractivity contribution in [3.8, 4) is 0 Å². The molecule has 0 saturated heterocycles. The van der Waals surface area contributed by atoms with Crippen LogP contribution in [0.1, 0.15) is 77.0 Å². The summed E-state index contributed by atoms with van der Waals surface area (Å²) in [5.74, 6) is 6.44. The van der Waals surface area contributed by atoms with Crippen molar-refractivity contribution in [2.24, 2.45) is 35.5 Å². The molecule has 0 amide bonds. The quantitative estimate of drug-likeness (QED) is 0.501. The van der Waals surface area contributed by atoms with Crippen molar-refractivity contribution >= 4 is 18.5 Å². The van der Waals surface area contributed by atoms with E-state index in [1.807, 2.05) is 0 Å². The second-order valence-corrected chi connectivity index (χ2v) is 14.0. The van der Waals surface area contributed by atoms with E-state index < -0.39 is 0 Å². The largest absolute Gasteiger partial charge is 0.0952 e. The van der Waals surface area contributed by atoms with Crippen LogP contribution in [0.4, 0.5) is 0 Å². The van der Waals surface area contributed by atoms with Gasteiger partial charge in [0, 0.05) is 17.6 Å². The average Bonchev–Trinajstić information content (AvgIpc) is 2.43. The van der Waals surface area contributed by atoms with Gasteiger partial charge < -0.3 is 0 Å². The van der Waals surface area contributed by atoms with Crippen LogP contribution < -0.4 is 0 Å². The van der Waals surface area contributed by atoms with Crippen LogP contribution in [0.2, 0.25) is 0 Å². The topological polar surface area (TPSA) is 0 Å². The zero-order valence-electron chi connectivity index (χ0n) is 13.8. The Morgan fingerprint density at radius 3 is 0.955 bits per heavy atom. The Kier molecular flexibility index (Phi) is 2.83. The van der Waals surface area contributed by atoms with Crippen LogP contribution in [-0.2, 0) is 0 Å². The van der Waals surface area contributed by atoms with Gasteiger partial charge in [-0.3, -0.25) is 0 Å². The van der Waals surface area contributed by atoms with E-state index in [1.165, 1.54) is 38.5 Å². The second-order valence-electron chi connectivity index (χ2n) is 10.6. The lowest BCUT2D eigenvalue weighted by atomic mass is 9.55. The molecule has 8 saturated carbocycles. The highest BCUT2D eigenvalue weighted by Crippen LogP contribution is 2.80. The standard InChI is InChI=1S/C20H30ClP/c21-22(19-7-13-1-14(8-19)3-15(2-13)9-19)20-10-16-4-17(11-20)6-18(5-16)12-20/h13-18H,1-12H2. The molecule has 0 nitrogen and oxygen atoms in total. The van der Waals surface area contributed by atoms with Crippen molar-refractivity contribution in [1.29, 1.82) is 0 Å². The smallest absolute Gasteiger partial charge is 0.00567 e. The molecule has 8 aliphatic rings. The molecule has 0 heterocycles. The zero-order chi connectivity index (χ0) is 14.5. The minimum atomic E-state index is -0.257. The fourth-order valence-corrected chi connectivity index (χ4v) is 13.9. The summed E-state index contributed by atoms with van der Waals surface area (Å²) < 4.78 is 0. The molecule has 0 spiro atoms. The molecule has 2 heteroatoms. The number of rotatable bonds is 2. The molecular formula is C20H30ClP. The second kappa shape index (κ2) is 4.46. The average molecular weight is 337 g/mol. The summed E-state index contributed by atoms with van der Waals surface area (Å²) in [5.41, 5.74) is 0. The Hall–Kier alpha value is 0.720. The van der Waals surface area contributed by atoms with E-state index in [4.69, 9.17) is 11.2 Å². The molecule has 0 atom stereocenters. The Morgan fingerprint density at radius 2 is 0.727 bits per heavy atom. The van der Waals surface area contributed by atoms with Gasteiger partial charge >= 0.3 is 0 Å². The van der Waals surface area contributed by atoms with Crippen LogP contribution in [0, 0.1) is 35.5 Å². The van der Waals surface area contributed by atoms with E-state index in [-0.39, 0.29) is 7.27 Å². The van der Waals surface area contributed by atoms with E-state index in [0.717, 1.165) is 35.5 Å². The van der Waals surface area contributed by atoms with Gasteiger partial charge in [0.15, 0.2) is 0 Å². The fraction of sp³-hybridized carbons (Fsp3) is 1.00. The van der Waals surface area contributed by atoms with Crippen LogP contribution in [0.25, 0.3) is 0 Å². The van der Waals surface area contributed by atoms with Gasteiger partial charge in [-0.15, -0.1) is 0 Å². The SMILES string of the molecule is ClP(C12CC3CC(CC(C3)C1)C2)C12CC3CC(CC(C3)C1)C2. The third-order valence-electron chi connectivity index (χ3n) is 8.84. The first-order chi connectivity index (χ1) is 10.6. The molecule has 0 aromatic rings. The maximum Gasteiger partial charge on any atom is 0.00567 e. The number of hydrogen-bond donors (Lipinski definition) is 0. The Morgan fingerprint density at radius 1 is 0.500 bits per heavy atom. The molecule has 0 radical (unpaired) electrons. The summed E-state index contributed by atoms with van der Waals surface area (Å²) in [6.45, 7) is 0. The third-order valence-corrected chi connectivity index (χ3v) is 13.8. The first-order valence-electron chi connectivity index (χ1n) is 10.1. The summed E-state index contributed by atoms with van der Waals surface area (Å²) in [6.07, 6.45) is 18.6. The molecule has 0 N–H and O–H groups in total. The first kappa shape index (κ1) is 13.9. The van der Waals surface area contributed by atoms with E-state index in [2.05, 4.69) is 0 Å². The molecule has 0 aromatic carbocycles. The molecule has 0 aromatic heterocycles. The summed E-state index contributed by atoms with van der Waals surface area (Å²) in [6, 6.07) is 0. The van der Waals surface area contributed by atoms with Gasteiger partial charge in [-0.05, 0) is 113 Å². The van der Waals surface area contributed by atoms with E-state index in [9.17, 15) is 0 Å². The molecule has 0 unspecified atom stereocenters. The van der Waals surface area contributed by atoms with E-state index in [1.54, 1.807) is 38.5 Å². The van der Waals surface area contributed by atoms with Crippen LogP contribution in [0.15, 0.2) is 0 Å². The number of hydrogen-bond acceptors (Lipinski definition) is 0. The Bertz CT molecular complexity index is 383. The fourth-order valence-electron chi connectivity index (χ4n) is 9.11. The van der Waals surface area contributed by atoms with Crippen molar-refractivity contribution in [2.45, 2.75) is 87.4 Å². The van der Waals surface area contributed by atoms with Crippen molar-refractivity contribution < 1.29 is 0 Å². The molecule has 8 fully saturated rings. The third kappa shape index (κ3) is 1.81. The van der Waals surface area contributed by atoms with Crippen LogP contribution in [0.5, 0.6) is 0 Å². The minimum Gasteiger partial charge on any atom is -0.0952 e. The minimum absolute atomic E-state index is 0.257. The molecular weight excluding hydrogens is 307 g/mol. The van der Waals surface area contributed by atoms with Gasteiger partial charge in [0.2, 0.25) is 0 Å². The molecule has 8 rings (SSSR count). The molecule has 122 valence electrons. The van der Waals surface area contributed by atoms with Crippen molar-refractivity contribution in [2.75, 3.05) is 0 Å². The van der Waals surface area contributed by atoms with Gasteiger partial charge in [0.05, 0.1) is 0 Å². The predicted octanol–water partition coefficient (Wildman–Crippen LogP) is 6.56. The highest BCUT2D eigenvalue weighted by Gasteiger charge is 2.62. The van der Waals surface area contributed by atoms with Gasteiger partial charge in [-0.25, -0.2) is 0 Å². The van der Waals surface area contributed by atoms with Crippen molar-refractivity contribution in [3.05, 3.63) is 0 Å². The molecule has 8 bridgehead atoms. The maximum atomic E-state index is 7.59. The molecule has 0 aliphatic heterocycles.